The zero-order valence-electron chi connectivity index (χ0n) is 15.9. The summed E-state index contributed by atoms with van der Waals surface area (Å²) in [5, 5.41) is 8.76. The molecule has 3 amide bonds. The number of hydrogen-bond donors (Lipinski definition) is 3. The first-order valence-electron chi connectivity index (χ1n) is 8.96. The molecule has 0 aliphatic carbocycles. The Labute approximate surface area is 162 Å². The van der Waals surface area contributed by atoms with Crippen molar-refractivity contribution >= 4 is 23.7 Å². The summed E-state index contributed by atoms with van der Waals surface area (Å²) >= 11 is 0. The number of unbranched alkanes of at least 4 members (excludes halogenated alkanes) is 1. The summed E-state index contributed by atoms with van der Waals surface area (Å²) in [5.74, 6) is -0.242. The number of ether oxygens (including phenoxy) is 1. The number of nitrogens with two attached hydrogens (primary N) is 1. The lowest BCUT2D eigenvalue weighted by atomic mass is 10.1. The molecular weight excluding hydrogens is 364 g/mol. The highest BCUT2D eigenvalue weighted by Gasteiger charge is 2.24. The van der Waals surface area contributed by atoms with Gasteiger partial charge in [-0.2, -0.15) is 0 Å². The lowest BCUT2D eigenvalue weighted by Crippen LogP contribution is -2.32. The lowest BCUT2D eigenvalue weighted by Gasteiger charge is -2.16. The van der Waals surface area contributed by atoms with Crippen LogP contribution < -0.4 is 16.4 Å². The average molecular weight is 388 g/mol. The fraction of sp³-hybridized carbons (Fsp3) is 0.368. The van der Waals surface area contributed by atoms with Crippen LogP contribution in [-0.2, 0) is 16.1 Å². The van der Waals surface area contributed by atoms with Gasteiger partial charge in [0.05, 0.1) is 5.56 Å². The van der Waals surface area contributed by atoms with Crippen LogP contribution in [0, 0.1) is 6.92 Å². The van der Waals surface area contributed by atoms with Crippen LogP contribution in [0.2, 0.25) is 0 Å². The second-order valence-electron chi connectivity index (χ2n) is 6.26. The summed E-state index contributed by atoms with van der Waals surface area (Å²) in [4.78, 5) is 35.6. The molecule has 0 saturated carbocycles. The molecule has 0 aliphatic rings. The fourth-order valence-corrected chi connectivity index (χ4v) is 2.41. The minimum absolute atomic E-state index is 0.253. The second-order valence-corrected chi connectivity index (χ2v) is 6.26. The van der Waals surface area contributed by atoms with Gasteiger partial charge < -0.3 is 25.6 Å². The molecule has 9 nitrogen and oxygen atoms in total. The Kier molecular flexibility index (Phi) is 7.55. The maximum atomic E-state index is 12.5. The minimum Gasteiger partial charge on any atom is -0.449 e. The Balaban J connectivity index is 2.00. The van der Waals surface area contributed by atoms with Crippen molar-refractivity contribution < 1.29 is 23.6 Å². The normalized spacial score (nSPS) is 11.5. The molecule has 0 fully saturated rings. The number of amides is 3. The van der Waals surface area contributed by atoms with Gasteiger partial charge in [0, 0.05) is 12.6 Å². The molecule has 1 aromatic carbocycles. The molecule has 1 atom stereocenters. The number of urea groups is 1. The average Bonchev–Trinajstić information content (AvgIpc) is 3.08. The van der Waals surface area contributed by atoms with Gasteiger partial charge in [-0.25, -0.2) is 9.59 Å². The fourth-order valence-electron chi connectivity index (χ4n) is 2.41. The molecule has 0 radical (unpaired) electrons. The van der Waals surface area contributed by atoms with E-state index in [0.717, 1.165) is 18.4 Å². The van der Waals surface area contributed by atoms with Crippen molar-refractivity contribution in [1.82, 2.24) is 10.5 Å². The van der Waals surface area contributed by atoms with Gasteiger partial charge in [-0.05, 0) is 37.5 Å². The monoisotopic (exact) mass is 388 g/mol. The van der Waals surface area contributed by atoms with Crippen molar-refractivity contribution in [2.24, 2.45) is 5.73 Å². The largest absolute Gasteiger partial charge is 0.449 e. The number of aryl methyl sites for hydroxylation is 1. The molecule has 0 saturated heterocycles. The Morgan fingerprint density at radius 1 is 1.25 bits per heavy atom. The van der Waals surface area contributed by atoms with E-state index in [9.17, 15) is 14.4 Å². The molecule has 28 heavy (non-hydrogen) atoms. The van der Waals surface area contributed by atoms with E-state index >= 15 is 0 Å². The molecule has 0 bridgehead atoms. The highest BCUT2D eigenvalue weighted by atomic mass is 16.5. The first kappa shape index (κ1) is 20.9. The molecule has 9 heteroatoms. The maximum absolute atomic E-state index is 12.5. The van der Waals surface area contributed by atoms with E-state index in [1.165, 1.54) is 0 Å². The summed E-state index contributed by atoms with van der Waals surface area (Å²) in [7, 11) is 0. The van der Waals surface area contributed by atoms with Gasteiger partial charge in [0.2, 0.25) is 0 Å². The van der Waals surface area contributed by atoms with E-state index in [0.29, 0.717) is 17.7 Å². The Morgan fingerprint density at radius 2 is 1.96 bits per heavy atom. The summed E-state index contributed by atoms with van der Waals surface area (Å²) in [6.45, 7) is 3.94. The molecule has 4 N–H and O–H groups in total. The number of esters is 1. The van der Waals surface area contributed by atoms with Crippen molar-refractivity contribution in [3.05, 3.63) is 47.2 Å². The molecule has 150 valence electrons. The van der Waals surface area contributed by atoms with E-state index in [1.54, 1.807) is 37.3 Å². The van der Waals surface area contributed by atoms with Gasteiger partial charge in [-0.15, -0.1) is 0 Å². The van der Waals surface area contributed by atoms with E-state index in [1.807, 2.05) is 6.92 Å². The summed E-state index contributed by atoms with van der Waals surface area (Å²) < 4.78 is 10.3. The van der Waals surface area contributed by atoms with Gasteiger partial charge >= 0.3 is 12.0 Å². The Bertz CT molecular complexity index is 816. The van der Waals surface area contributed by atoms with Crippen LogP contribution in [0.4, 0.5) is 10.6 Å². The third-order valence-corrected chi connectivity index (χ3v) is 3.90. The van der Waals surface area contributed by atoms with Gasteiger partial charge in [0.1, 0.15) is 5.76 Å². The van der Waals surface area contributed by atoms with Crippen LogP contribution in [0.25, 0.3) is 0 Å². The number of nitrogens with zero attached hydrogens (tertiary/aromatic N) is 1. The quantitative estimate of drug-likeness (QED) is 0.565. The van der Waals surface area contributed by atoms with Gasteiger partial charge in [-0.1, -0.05) is 30.6 Å². The van der Waals surface area contributed by atoms with Crippen molar-refractivity contribution in [3.8, 4) is 0 Å². The highest BCUT2D eigenvalue weighted by molar-refractivity contribution is 5.97. The number of rotatable bonds is 9. The Morgan fingerprint density at radius 3 is 2.54 bits per heavy atom. The number of carbonyl (C=O) groups excluding carboxylic acids is 3. The first-order chi connectivity index (χ1) is 13.4. The molecular formula is C19H24N4O5. The minimum atomic E-state index is -0.944. The number of primary amides is 1. The predicted molar refractivity (Wildman–Crippen MR) is 101 cm³/mol. The smallest absolute Gasteiger partial charge is 0.338 e. The van der Waals surface area contributed by atoms with Gasteiger partial charge in [0.25, 0.3) is 5.91 Å². The van der Waals surface area contributed by atoms with Crippen LogP contribution in [0.3, 0.4) is 0 Å². The van der Waals surface area contributed by atoms with Crippen LogP contribution in [0.15, 0.2) is 34.9 Å². The van der Waals surface area contributed by atoms with Crippen molar-refractivity contribution in [3.63, 3.8) is 0 Å². The van der Waals surface area contributed by atoms with Crippen molar-refractivity contribution in [1.29, 1.82) is 0 Å². The number of anilines is 1. The van der Waals surface area contributed by atoms with Gasteiger partial charge in [0.15, 0.2) is 11.9 Å². The van der Waals surface area contributed by atoms with E-state index in [2.05, 4.69) is 15.8 Å². The van der Waals surface area contributed by atoms with Crippen molar-refractivity contribution in [2.45, 2.75) is 45.8 Å². The molecule has 0 spiro atoms. The second kappa shape index (κ2) is 10.1. The van der Waals surface area contributed by atoms with E-state index < -0.39 is 24.0 Å². The molecule has 0 aliphatic heterocycles. The zero-order chi connectivity index (χ0) is 20.5. The SMILES string of the molecule is CCCCC(OC(=O)c1ccc(CNC(N)=O)cc1)C(=O)Nc1cc(C)on1. The summed E-state index contributed by atoms with van der Waals surface area (Å²) in [6, 6.07) is 7.43. The summed E-state index contributed by atoms with van der Waals surface area (Å²) in [5.41, 5.74) is 6.10. The van der Waals surface area contributed by atoms with E-state index in [-0.39, 0.29) is 12.4 Å². The molecule has 1 unspecified atom stereocenters. The topological polar surface area (TPSA) is 137 Å². The number of nitrogens with one attached hydrogen (secondary N) is 2. The number of hydrogen-bond acceptors (Lipinski definition) is 6. The maximum Gasteiger partial charge on any atom is 0.338 e. The summed E-state index contributed by atoms with van der Waals surface area (Å²) in [6.07, 6.45) is 1.03. The lowest BCUT2D eigenvalue weighted by molar-refractivity contribution is -0.125. The zero-order valence-corrected chi connectivity index (χ0v) is 15.9. The first-order valence-corrected chi connectivity index (χ1v) is 8.96. The van der Waals surface area contributed by atoms with Crippen LogP contribution in [0.1, 0.15) is 47.9 Å². The number of benzene rings is 1. The van der Waals surface area contributed by atoms with Gasteiger partial charge in [-0.3, -0.25) is 4.79 Å². The molecule has 1 heterocycles. The molecule has 2 rings (SSSR count). The third kappa shape index (κ3) is 6.42. The predicted octanol–water partition coefficient (Wildman–Crippen LogP) is 2.51. The highest BCUT2D eigenvalue weighted by Crippen LogP contribution is 2.14. The van der Waals surface area contributed by atoms with Crippen molar-refractivity contribution in [2.75, 3.05) is 5.32 Å². The number of carbonyl (C=O) groups is 3. The third-order valence-electron chi connectivity index (χ3n) is 3.90. The molecule has 1 aromatic heterocycles. The standard InChI is InChI=1S/C19H24N4O5/c1-3-4-5-15(17(24)22-16-10-12(2)28-23-16)27-18(25)14-8-6-13(7-9-14)11-21-19(20)26/h6-10,15H,3-5,11H2,1-2H3,(H3,20,21,26)(H,22,23,24). The molecule has 2 aromatic rings. The van der Waals surface area contributed by atoms with Crippen LogP contribution in [0.5, 0.6) is 0 Å². The Hall–Kier alpha value is -3.36. The van der Waals surface area contributed by atoms with Crippen LogP contribution in [-0.4, -0.2) is 29.2 Å². The van der Waals surface area contributed by atoms with E-state index in [4.69, 9.17) is 15.0 Å². The number of aromatic nitrogens is 1. The van der Waals surface area contributed by atoms with Crippen LogP contribution >= 0.6 is 0 Å².